The summed E-state index contributed by atoms with van der Waals surface area (Å²) < 4.78 is 6.97. The van der Waals surface area contributed by atoms with Crippen molar-refractivity contribution in [2.75, 3.05) is 19.5 Å². The van der Waals surface area contributed by atoms with Crippen LogP contribution >= 0.6 is 0 Å². The number of anilines is 1. The average molecular weight is 345 g/mol. The summed E-state index contributed by atoms with van der Waals surface area (Å²) in [5, 5.41) is 5.37. The van der Waals surface area contributed by atoms with Crippen molar-refractivity contribution in [2.24, 2.45) is 0 Å². The van der Waals surface area contributed by atoms with Crippen LogP contribution in [0.3, 0.4) is 0 Å². The smallest absolute Gasteiger partial charge is 0.149 e. The van der Waals surface area contributed by atoms with Gasteiger partial charge in [0.05, 0.1) is 19.3 Å². The van der Waals surface area contributed by atoms with Gasteiger partial charge in [0.25, 0.3) is 0 Å². The van der Waals surface area contributed by atoms with E-state index in [0.29, 0.717) is 12.4 Å². The number of methoxy groups -OCH3 is 1. The molecule has 4 aromatic rings. The van der Waals surface area contributed by atoms with Crippen LogP contribution in [0.4, 0.5) is 5.82 Å². The van der Waals surface area contributed by atoms with Crippen molar-refractivity contribution in [2.45, 2.75) is 6.54 Å². The van der Waals surface area contributed by atoms with Gasteiger partial charge in [-0.3, -0.25) is 9.67 Å². The molecular formula is C20H19N5O. The Kier molecular flexibility index (Phi) is 4.33. The molecule has 0 spiro atoms. The maximum atomic E-state index is 5.95. The summed E-state index contributed by atoms with van der Waals surface area (Å²) in [6.07, 6.45) is 7.43. The van der Waals surface area contributed by atoms with Gasteiger partial charge in [0.1, 0.15) is 11.3 Å². The van der Waals surface area contributed by atoms with Crippen molar-refractivity contribution in [1.29, 1.82) is 0 Å². The first-order chi connectivity index (χ1) is 12.8. The number of ether oxygens (including phenoxy) is 1. The zero-order chi connectivity index (χ0) is 17.9. The highest BCUT2D eigenvalue weighted by Gasteiger charge is 2.09. The van der Waals surface area contributed by atoms with Crippen LogP contribution in [0.25, 0.3) is 33.2 Å². The lowest BCUT2D eigenvalue weighted by molar-refractivity contribution is 0.183. The van der Waals surface area contributed by atoms with E-state index in [1.54, 1.807) is 19.5 Å². The zero-order valence-corrected chi connectivity index (χ0v) is 14.5. The number of nitrogen functional groups attached to an aromatic ring is 1. The summed E-state index contributed by atoms with van der Waals surface area (Å²) in [6, 6.07) is 12.3. The van der Waals surface area contributed by atoms with Crippen LogP contribution in [0.15, 0.2) is 61.2 Å². The largest absolute Gasteiger partial charge is 0.383 e. The summed E-state index contributed by atoms with van der Waals surface area (Å²) in [7, 11) is 1.69. The van der Waals surface area contributed by atoms with Gasteiger partial charge < -0.3 is 10.5 Å². The van der Waals surface area contributed by atoms with E-state index in [4.69, 9.17) is 10.5 Å². The van der Waals surface area contributed by atoms with Gasteiger partial charge in [0.2, 0.25) is 0 Å². The van der Waals surface area contributed by atoms with E-state index in [-0.39, 0.29) is 0 Å². The number of aromatic nitrogens is 4. The topological polar surface area (TPSA) is 78.9 Å². The van der Waals surface area contributed by atoms with E-state index in [1.807, 2.05) is 29.2 Å². The fourth-order valence-corrected chi connectivity index (χ4v) is 2.98. The van der Waals surface area contributed by atoms with Gasteiger partial charge in [-0.25, -0.2) is 4.98 Å². The Bertz CT molecular complexity index is 1040. The number of hydrogen-bond acceptors (Lipinski definition) is 5. The fourth-order valence-electron chi connectivity index (χ4n) is 2.98. The Hall–Kier alpha value is -3.25. The van der Waals surface area contributed by atoms with Crippen LogP contribution < -0.4 is 5.73 Å². The third-order valence-corrected chi connectivity index (χ3v) is 4.36. The summed E-state index contributed by atoms with van der Waals surface area (Å²) >= 11 is 0. The van der Waals surface area contributed by atoms with Crippen molar-refractivity contribution in [3.63, 3.8) is 0 Å². The monoisotopic (exact) mass is 345 g/mol. The third kappa shape index (κ3) is 3.02. The molecule has 0 bridgehead atoms. The zero-order valence-electron chi connectivity index (χ0n) is 14.5. The Morgan fingerprint density at radius 1 is 1.00 bits per heavy atom. The van der Waals surface area contributed by atoms with E-state index in [0.717, 1.165) is 39.7 Å². The van der Waals surface area contributed by atoms with Crippen molar-refractivity contribution in [3.8, 4) is 22.3 Å². The lowest BCUT2D eigenvalue weighted by Crippen LogP contribution is -2.03. The van der Waals surface area contributed by atoms with Crippen molar-refractivity contribution >= 4 is 16.7 Å². The van der Waals surface area contributed by atoms with Gasteiger partial charge in [-0.1, -0.05) is 30.3 Å². The van der Waals surface area contributed by atoms with Crippen LogP contribution in [0.5, 0.6) is 0 Å². The lowest BCUT2D eigenvalue weighted by atomic mass is 10.00. The van der Waals surface area contributed by atoms with Crippen molar-refractivity contribution < 1.29 is 4.74 Å². The summed E-state index contributed by atoms with van der Waals surface area (Å²) in [6.45, 7) is 1.38. The van der Waals surface area contributed by atoms with Crippen LogP contribution in [0.1, 0.15) is 0 Å². The number of rotatable bonds is 5. The molecule has 2 N–H and O–H groups in total. The molecule has 0 atom stereocenters. The molecule has 4 rings (SSSR count). The Balaban J connectivity index is 1.66. The van der Waals surface area contributed by atoms with Gasteiger partial charge in [-0.15, -0.1) is 0 Å². The highest BCUT2D eigenvalue weighted by Crippen LogP contribution is 2.30. The standard InChI is InChI=1S/C20H19N5O/c1-26-10-9-25-13-16(11-24-25)14-4-6-15(7-5-14)18-12-23-20(21)19-17(18)3-2-8-22-19/h2-8,11-13H,9-10H2,1H3,(H2,21,23). The minimum Gasteiger partial charge on any atom is -0.383 e. The summed E-state index contributed by atoms with van der Waals surface area (Å²) in [4.78, 5) is 8.64. The van der Waals surface area contributed by atoms with Crippen LogP contribution in [-0.4, -0.2) is 33.5 Å². The van der Waals surface area contributed by atoms with E-state index in [1.165, 1.54) is 0 Å². The first kappa shape index (κ1) is 16.2. The average Bonchev–Trinajstić information content (AvgIpc) is 3.16. The lowest BCUT2D eigenvalue weighted by Gasteiger charge is -2.08. The first-order valence-electron chi connectivity index (χ1n) is 8.37. The molecule has 0 amide bonds. The molecule has 3 heterocycles. The molecule has 6 heteroatoms. The fraction of sp³-hybridized carbons (Fsp3) is 0.150. The van der Waals surface area contributed by atoms with Crippen molar-refractivity contribution in [1.82, 2.24) is 19.7 Å². The molecule has 0 saturated heterocycles. The Morgan fingerprint density at radius 2 is 1.81 bits per heavy atom. The molecular weight excluding hydrogens is 326 g/mol. The number of benzene rings is 1. The van der Waals surface area contributed by atoms with Gasteiger partial charge in [0, 0.05) is 42.2 Å². The predicted molar refractivity (Wildman–Crippen MR) is 102 cm³/mol. The molecule has 0 fully saturated rings. The Morgan fingerprint density at radius 3 is 2.62 bits per heavy atom. The second-order valence-corrected chi connectivity index (χ2v) is 6.02. The summed E-state index contributed by atoms with van der Waals surface area (Å²) in [5.74, 6) is 0.449. The normalized spacial score (nSPS) is 11.1. The van der Waals surface area contributed by atoms with Gasteiger partial charge in [0.15, 0.2) is 0 Å². The molecule has 0 aliphatic rings. The van der Waals surface area contributed by atoms with E-state index in [9.17, 15) is 0 Å². The molecule has 0 saturated carbocycles. The maximum absolute atomic E-state index is 5.95. The number of nitrogens with zero attached hydrogens (tertiary/aromatic N) is 4. The van der Waals surface area contributed by atoms with Gasteiger partial charge in [-0.2, -0.15) is 5.10 Å². The molecule has 0 aliphatic heterocycles. The number of pyridine rings is 2. The predicted octanol–water partition coefficient (Wildman–Crippen LogP) is 3.39. The highest BCUT2D eigenvalue weighted by molar-refractivity contribution is 5.98. The SMILES string of the molecule is COCCn1cc(-c2ccc(-c3cnc(N)c4ncccc34)cc2)cn1. The van der Waals surface area contributed by atoms with Gasteiger partial charge >= 0.3 is 0 Å². The molecule has 3 aromatic heterocycles. The molecule has 1 aromatic carbocycles. The Labute approximate surface area is 151 Å². The number of hydrogen-bond donors (Lipinski definition) is 1. The molecule has 0 radical (unpaired) electrons. The van der Waals surface area contributed by atoms with Crippen LogP contribution in [-0.2, 0) is 11.3 Å². The second kappa shape index (κ2) is 6.93. The van der Waals surface area contributed by atoms with E-state index >= 15 is 0 Å². The third-order valence-electron chi connectivity index (χ3n) is 4.36. The molecule has 26 heavy (non-hydrogen) atoms. The maximum Gasteiger partial charge on any atom is 0.149 e. The molecule has 130 valence electrons. The quantitative estimate of drug-likeness (QED) is 0.600. The van der Waals surface area contributed by atoms with Crippen LogP contribution in [0, 0.1) is 0 Å². The molecule has 6 nitrogen and oxygen atoms in total. The highest BCUT2D eigenvalue weighted by atomic mass is 16.5. The van der Waals surface area contributed by atoms with Crippen LogP contribution in [0.2, 0.25) is 0 Å². The number of fused-ring (bicyclic) bond motifs is 1. The van der Waals surface area contributed by atoms with Gasteiger partial charge in [-0.05, 0) is 17.2 Å². The minimum atomic E-state index is 0.449. The first-order valence-corrected chi connectivity index (χ1v) is 8.37. The van der Waals surface area contributed by atoms with Crippen molar-refractivity contribution in [3.05, 3.63) is 61.2 Å². The summed E-state index contributed by atoms with van der Waals surface area (Å²) in [5.41, 5.74) is 11.0. The molecule has 0 unspecified atom stereocenters. The second-order valence-electron chi connectivity index (χ2n) is 6.02. The minimum absolute atomic E-state index is 0.449. The molecule has 0 aliphatic carbocycles. The van der Waals surface area contributed by atoms with E-state index in [2.05, 4.69) is 39.3 Å². The number of nitrogens with two attached hydrogens (primary N) is 1. The van der Waals surface area contributed by atoms with E-state index < -0.39 is 0 Å².